The van der Waals surface area contributed by atoms with Gasteiger partial charge in [0.25, 0.3) is 15.9 Å². The third kappa shape index (κ3) is 4.76. The van der Waals surface area contributed by atoms with E-state index in [0.717, 1.165) is 27.8 Å². The Labute approximate surface area is 195 Å². The van der Waals surface area contributed by atoms with Gasteiger partial charge in [0.15, 0.2) is 5.60 Å². The van der Waals surface area contributed by atoms with Gasteiger partial charge in [0.2, 0.25) is 0 Å². The van der Waals surface area contributed by atoms with Gasteiger partial charge in [-0.25, -0.2) is 13.1 Å². The number of esters is 1. The number of rotatable bonds is 5. The predicted octanol–water partition coefficient (Wildman–Crippen LogP) is 4.25. The van der Waals surface area contributed by atoms with E-state index >= 15 is 0 Å². The van der Waals surface area contributed by atoms with Crippen molar-refractivity contribution >= 4 is 21.9 Å². The Morgan fingerprint density at radius 1 is 1.06 bits per heavy atom. The molecule has 3 rings (SSSR count). The maximum atomic E-state index is 13.1. The van der Waals surface area contributed by atoms with Crippen molar-refractivity contribution in [2.24, 2.45) is 0 Å². The van der Waals surface area contributed by atoms with Gasteiger partial charge >= 0.3 is 5.97 Å². The normalized spacial score (nSPS) is 17.8. The van der Waals surface area contributed by atoms with Crippen LogP contribution in [0.25, 0.3) is 0 Å². The number of nitrogens with one attached hydrogen (secondary N) is 1. The van der Waals surface area contributed by atoms with E-state index in [9.17, 15) is 18.0 Å². The third-order valence-corrected chi connectivity index (χ3v) is 7.65. The van der Waals surface area contributed by atoms with Crippen LogP contribution in [0.4, 0.5) is 0 Å². The Balaban J connectivity index is 1.89. The average molecular weight is 474 g/mol. The number of ether oxygens (including phenoxy) is 2. The summed E-state index contributed by atoms with van der Waals surface area (Å²) in [7, 11) is -4.05. The maximum Gasteiger partial charge on any atom is 0.308 e. The summed E-state index contributed by atoms with van der Waals surface area (Å²) in [6.07, 6.45) is 0.750. The van der Waals surface area contributed by atoms with E-state index in [0.29, 0.717) is 17.9 Å². The summed E-state index contributed by atoms with van der Waals surface area (Å²) in [4.78, 5) is 24.7. The molecule has 0 aromatic heterocycles. The van der Waals surface area contributed by atoms with Gasteiger partial charge in [-0.2, -0.15) is 0 Å². The van der Waals surface area contributed by atoms with Gasteiger partial charge < -0.3 is 9.47 Å². The van der Waals surface area contributed by atoms with Crippen LogP contribution in [-0.4, -0.2) is 25.9 Å². The first-order valence-electron chi connectivity index (χ1n) is 10.9. The lowest BCUT2D eigenvalue weighted by molar-refractivity contribution is -0.135. The smallest absolute Gasteiger partial charge is 0.308 e. The molecule has 1 unspecified atom stereocenters. The molecule has 0 spiro atoms. The molecule has 1 aliphatic heterocycles. The molecular formula is C25H31NO6S. The van der Waals surface area contributed by atoms with Crippen molar-refractivity contribution in [1.29, 1.82) is 0 Å². The van der Waals surface area contributed by atoms with Crippen LogP contribution >= 0.6 is 0 Å². The molecule has 0 radical (unpaired) electrons. The SMILES string of the molecule is CC(=O)Oc1c(C)c(C)c2c(c1C)CCC(C)(C(=O)NS(=O)(=O)c1ccc(C(C)C)cc1)O2. The second kappa shape index (κ2) is 8.82. The molecule has 0 aliphatic carbocycles. The molecule has 0 fully saturated rings. The molecule has 0 saturated heterocycles. The fraction of sp³-hybridized carbons (Fsp3) is 0.440. The molecule has 178 valence electrons. The monoisotopic (exact) mass is 473 g/mol. The Morgan fingerprint density at radius 2 is 1.67 bits per heavy atom. The first-order chi connectivity index (χ1) is 15.3. The van der Waals surface area contributed by atoms with Gasteiger partial charge in [0.05, 0.1) is 4.90 Å². The molecule has 8 heteroatoms. The first-order valence-corrected chi connectivity index (χ1v) is 12.4. The van der Waals surface area contributed by atoms with Crippen LogP contribution in [0.15, 0.2) is 29.2 Å². The molecule has 2 aromatic carbocycles. The van der Waals surface area contributed by atoms with Crippen molar-refractivity contribution in [3.05, 3.63) is 52.1 Å². The van der Waals surface area contributed by atoms with Gasteiger partial charge in [0.1, 0.15) is 11.5 Å². The van der Waals surface area contributed by atoms with E-state index in [1.54, 1.807) is 19.1 Å². The zero-order valence-corrected chi connectivity index (χ0v) is 21.0. The van der Waals surface area contributed by atoms with Crippen molar-refractivity contribution in [3.63, 3.8) is 0 Å². The number of carbonyl (C=O) groups is 2. The minimum absolute atomic E-state index is 0.0222. The molecule has 0 bridgehead atoms. The quantitative estimate of drug-likeness (QED) is 0.515. The van der Waals surface area contributed by atoms with Crippen molar-refractivity contribution < 1.29 is 27.5 Å². The number of sulfonamides is 1. The van der Waals surface area contributed by atoms with Crippen LogP contribution in [0.3, 0.4) is 0 Å². The number of fused-ring (bicyclic) bond motifs is 1. The van der Waals surface area contributed by atoms with E-state index in [1.807, 2.05) is 34.6 Å². The topological polar surface area (TPSA) is 98.8 Å². The lowest BCUT2D eigenvalue weighted by Crippen LogP contribution is -2.52. The third-order valence-electron chi connectivity index (χ3n) is 6.30. The van der Waals surface area contributed by atoms with Crippen LogP contribution in [0.1, 0.15) is 67.9 Å². The Bertz CT molecular complexity index is 1210. The zero-order chi connectivity index (χ0) is 24.7. The Kier molecular flexibility index (Phi) is 6.62. The summed E-state index contributed by atoms with van der Waals surface area (Å²) in [5, 5.41) is 0. The highest BCUT2D eigenvalue weighted by molar-refractivity contribution is 7.90. The van der Waals surface area contributed by atoms with Gasteiger partial charge in [-0.3, -0.25) is 9.59 Å². The average Bonchev–Trinajstić information content (AvgIpc) is 2.74. The summed E-state index contributed by atoms with van der Waals surface area (Å²) < 4.78 is 39.4. The molecule has 0 saturated carbocycles. The minimum Gasteiger partial charge on any atom is -0.477 e. The van der Waals surface area contributed by atoms with Crippen LogP contribution < -0.4 is 14.2 Å². The predicted molar refractivity (Wildman–Crippen MR) is 125 cm³/mol. The van der Waals surface area contributed by atoms with E-state index < -0.39 is 27.5 Å². The summed E-state index contributed by atoms with van der Waals surface area (Å²) in [6, 6.07) is 6.48. The van der Waals surface area contributed by atoms with E-state index in [-0.39, 0.29) is 17.2 Å². The second-order valence-electron chi connectivity index (χ2n) is 9.10. The van der Waals surface area contributed by atoms with E-state index in [2.05, 4.69) is 4.72 Å². The first kappa shape index (κ1) is 24.8. The highest BCUT2D eigenvalue weighted by Gasteiger charge is 2.42. The van der Waals surface area contributed by atoms with Gasteiger partial charge in [-0.1, -0.05) is 26.0 Å². The van der Waals surface area contributed by atoms with E-state index in [4.69, 9.17) is 9.47 Å². The van der Waals surface area contributed by atoms with Crippen LogP contribution in [0, 0.1) is 20.8 Å². The van der Waals surface area contributed by atoms with Gasteiger partial charge in [0, 0.05) is 18.9 Å². The number of hydrogen-bond acceptors (Lipinski definition) is 6. The second-order valence-corrected chi connectivity index (χ2v) is 10.8. The van der Waals surface area contributed by atoms with E-state index in [1.165, 1.54) is 19.1 Å². The van der Waals surface area contributed by atoms with Gasteiger partial charge in [-0.05, 0) is 74.4 Å². The Hall–Kier alpha value is -2.87. The van der Waals surface area contributed by atoms with Gasteiger partial charge in [-0.15, -0.1) is 0 Å². The van der Waals surface area contributed by atoms with Crippen LogP contribution in [0.2, 0.25) is 0 Å². The number of carbonyl (C=O) groups excluding carboxylic acids is 2. The van der Waals surface area contributed by atoms with Crippen LogP contribution in [-0.2, 0) is 26.0 Å². The molecular weight excluding hydrogens is 442 g/mol. The highest BCUT2D eigenvalue weighted by atomic mass is 32.2. The van der Waals surface area contributed by atoms with Crippen molar-refractivity contribution in [2.75, 3.05) is 0 Å². The largest absolute Gasteiger partial charge is 0.477 e. The maximum absolute atomic E-state index is 13.1. The minimum atomic E-state index is -4.05. The Morgan fingerprint density at radius 3 is 2.21 bits per heavy atom. The summed E-state index contributed by atoms with van der Waals surface area (Å²) in [5.74, 6) is 0.168. The fourth-order valence-corrected chi connectivity index (χ4v) is 5.08. The summed E-state index contributed by atoms with van der Waals surface area (Å²) >= 11 is 0. The molecule has 1 aliphatic rings. The number of benzene rings is 2. The summed E-state index contributed by atoms with van der Waals surface area (Å²) in [5.41, 5.74) is 2.76. The van der Waals surface area contributed by atoms with Crippen molar-refractivity contribution in [1.82, 2.24) is 4.72 Å². The van der Waals surface area contributed by atoms with Crippen molar-refractivity contribution in [2.45, 2.75) is 77.7 Å². The fourth-order valence-electron chi connectivity index (χ4n) is 4.01. The zero-order valence-electron chi connectivity index (χ0n) is 20.2. The molecule has 1 atom stereocenters. The van der Waals surface area contributed by atoms with Crippen LogP contribution in [0.5, 0.6) is 11.5 Å². The lowest BCUT2D eigenvalue weighted by Gasteiger charge is -2.36. The molecule has 1 amide bonds. The molecule has 33 heavy (non-hydrogen) atoms. The molecule has 2 aromatic rings. The number of amides is 1. The summed E-state index contributed by atoms with van der Waals surface area (Å²) in [6.45, 7) is 12.5. The van der Waals surface area contributed by atoms with Crippen molar-refractivity contribution in [3.8, 4) is 11.5 Å². The standard InChI is InChI=1S/C25H31NO6S/c1-14(2)19-8-10-20(11-9-19)33(29,30)26-24(28)25(7)13-12-21-17(5)22(31-18(6)27)15(3)16(4)23(21)32-25/h8-11,14H,12-13H2,1-7H3,(H,26,28). The molecule has 1 heterocycles. The lowest BCUT2D eigenvalue weighted by atomic mass is 9.87. The molecule has 1 N–H and O–H groups in total. The number of hydrogen-bond donors (Lipinski definition) is 1. The highest BCUT2D eigenvalue weighted by Crippen LogP contribution is 2.44. The molecule has 7 nitrogen and oxygen atoms in total.